The van der Waals surface area contributed by atoms with Gasteiger partial charge in [0.25, 0.3) is 0 Å². The molecule has 3 aromatic rings. The van der Waals surface area contributed by atoms with E-state index in [1.807, 2.05) is 13.8 Å². The summed E-state index contributed by atoms with van der Waals surface area (Å²) in [4.78, 5) is 20.1. The molecule has 2 N–H and O–H groups in total. The van der Waals surface area contributed by atoms with E-state index in [1.165, 1.54) is 31.9 Å². The number of H-pyrrole nitrogens is 1. The molecule has 3 aliphatic carbocycles. The molecular weight excluding hydrogens is 427 g/mol. The van der Waals surface area contributed by atoms with Gasteiger partial charge in [-0.05, 0) is 49.4 Å². The zero-order chi connectivity index (χ0) is 22.6. The number of pyridine rings is 1. The van der Waals surface area contributed by atoms with Crippen molar-refractivity contribution in [2.75, 3.05) is 5.32 Å². The molecule has 3 aliphatic rings. The maximum absolute atomic E-state index is 15.8. The number of aromatic amines is 1. The highest BCUT2D eigenvalue weighted by molar-refractivity contribution is 6.29. The smallest absolute Gasteiger partial charge is 0.219 e. The average molecular weight is 453 g/mol. The molecule has 8 heteroatoms. The minimum absolute atomic E-state index is 0.179. The van der Waals surface area contributed by atoms with Crippen LogP contribution in [0, 0.1) is 30.1 Å². The minimum Gasteiger partial charge on any atom is -0.364 e. The van der Waals surface area contributed by atoms with Crippen LogP contribution >= 0.6 is 11.6 Å². The summed E-state index contributed by atoms with van der Waals surface area (Å²) in [7, 11) is 0. The first-order valence-corrected chi connectivity index (χ1v) is 11.6. The quantitative estimate of drug-likeness (QED) is 0.431. The monoisotopic (exact) mass is 452 g/mol. The summed E-state index contributed by atoms with van der Waals surface area (Å²) >= 11 is 6.09. The number of hydrogen-bond donors (Lipinski definition) is 2. The Kier molecular flexibility index (Phi) is 5.29. The van der Waals surface area contributed by atoms with Gasteiger partial charge in [-0.3, -0.25) is 0 Å². The van der Waals surface area contributed by atoms with Crippen LogP contribution in [0.25, 0.3) is 27.3 Å². The first kappa shape index (κ1) is 21.1. The Bertz CT molecular complexity index is 1220. The second-order valence-corrected chi connectivity index (χ2v) is 9.84. The van der Waals surface area contributed by atoms with E-state index in [4.69, 9.17) is 18.2 Å². The number of nitrogens with one attached hydrogen (secondary N) is 2. The average Bonchev–Trinajstić information content (AvgIpc) is 3.19. The Morgan fingerprint density at radius 3 is 2.59 bits per heavy atom. The molecular formula is C24H26ClFN6. The normalized spacial score (nSPS) is 24.8. The lowest BCUT2D eigenvalue weighted by molar-refractivity contribution is 0.0926. The van der Waals surface area contributed by atoms with Crippen LogP contribution in [-0.4, -0.2) is 26.0 Å². The molecule has 2 atom stereocenters. The van der Waals surface area contributed by atoms with Crippen molar-refractivity contribution in [2.45, 2.75) is 58.4 Å². The molecule has 6 nitrogen and oxygen atoms in total. The molecule has 2 bridgehead atoms. The van der Waals surface area contributed by atoms with E-state index >= 15 is 4.39 Å². The van der Waals surface area contributed by atoms with Gasteiger partial charge in [0, 0.05) is 23.4 Å². The van der Waals surface area contributed by atoms with E-state index in [1.54, 1.807) is 6.20 Å². The molecule has 3 fully saturated rings. The number of rotatable bonds is 4. The largest absolute Gasteiger partial charge is 0.364 e. The van der Waals surface area contributed by atoms with Crippen molar-refractivity contribution in [1.29, 1.82) is 0 Å². The van der Waals surface area contributed by atoms with Crippen LogP contribution in [0.15, 0.2) is 12.4 Å². The van der Waals surface area contributed by atoms with Crippen LogP contribution in [0.1, 0.15) is 57.9 Å². The van der Waals surface area contributed by atoms with Crippen LogP contribution in [-0.2, 0) is 0 Å². The third kappa shape index (κ3) is 3.32. The van der Waals surface area contributed by atoms with Gasteiger partial charge in [-0.2, -0.15) is 0 Å². The fraction of sp³-hybridized carbons (Fsp3) is 0.500. The van der Waals surface area contributed by atoms with E-state index in [-0.39, 0.29) is 28.6 Å². The molecule has 0 saturated heterocycles. The van der Waals surface area contributed by atoms with Crippen molar-refractivity contribution in [3.05, 3.63) is 40.3 Å². The molecule has 166 valence electrons. The molecule has 0 spiro atoms. The fourth-order valence-electron chi connectivity index (χ4n) is 5.71. The highest BCUT2D eigenvalue weighted by atomic mass is 35.5. The van der Waals surface area contributed by atoms with Crippen LogP contribution in [0.2, 0.25) is 5.15 Å². The number of anilines is 1. The Hall–Kier alpha value is -2.72. The van der Waals surface area contributed by atoms with Crippen LogP contribution < -0.4 is 5.32 Å². The van der Waals surface area contributed by atoms with Gasteiger partial charge >= 0.3 is 0 Å². The van der Waals surface area contributed by atoms with Gasteiger partial charge in [0.05, 0.1) is 18.5 Å². The van der Waals surface area contributed by atoms with Gasteiger partial charge in [-0.25, -0.2) is 24.2 Å². The summed E-state index contributed by atoms with van der Waals surface area (Å²) in [5.74, 6) is 1.30. The van der Waals surface area contributed by atoms with Gasteiger partial charge in [0.15, 0.2) is 17.3 Å². The Morgan fingerprint density at radius 2 is 1.94 bits per heavy atom. The molecule has 3 heterocycles. The van der Waals surface area contributed by atoms with Crippen molar-refractivity contribution < 1.29 is 4.39 Å². The lowest BCUT2D eigenvalue weighted by Gasteiger charge is -2.47. The van der Waals surface area contributed by atoms with Gasteiger partial charge < -0.3 is 10.3 Å². The highest BCUT2D eigenvalue weighted by Crippen LogP contribution is 2.47. The first-order valence-electron chi connectivity index (χ1n) is 11.3. The van der Waals surface area contributed by atoms with Crippen LogP contribution in [0.5, 0.6) is 0 Å². The second-order valence-electron chi connectivity index (χ2n) is 9.45. The Balaban J connectivity index is 1.68. The summed E-state index contributed by atoms with van der Waals surface area (Å²) < 4.78 is 15.8. The number of fused-ring (bicyclic) bond motifs is 4. The molecule has 2 unspecified atom stereocenters. The van der Waals surface area contributed by atoms with Gasteiger partial charge in [0.1, 0.15) is 10.7 Å². The third-order valence-electron chi connectivity index (χ3n) is 7.38. The number of halogens is 2. The lowest BCUT2D eigenvalue weighted by Crippen LogP contribution is -2.47. The molecule has 3 saturated carbocycles. The molecule has 0 amide bonds. The van der Waals surface area contributed by atoms with Gasteiger partial charge in [0.2, 0.25) is 5.69 Å². The van der Waals surface area contributed by atoms with Crippen LogP contribution in [0.4, 0.5) is 15.9 Å². The van der Waals surface area contributed by atoms with Gasteiger partial charge in [-0.1, -0.05) is 32.4 Å². The molecule has 0 aliphatic heterocycles. The second kappa shape index (κ2) is 8.00. The molecule has 6 rings (SSSR count). The van der Waals surface area contributed by atoms with Crippen molar-refractivity contribution in [3.8, 4) is 11.3 Å². The van der Waals surface area contributed by atoms with E-state index < -0.39 is 5.82 Å². The van der Waals surface area contributed by atoms with Crippen LogP contribution in [0.3, 0.4) is 0 Å². The minimum atomic E-state index is -0.424. The van der Waals surface area contributed by atoms with Crippen molar-refractivity contribution in [2.24, 2.45) is 17.8 Å². The molecule has 32 heavy (non-hydrogen) atoms. The number of aromatic nitrogens is 4. The van der Waals surface area contributed by atoms with Crippen molar-refractivity contribution in [3.63, 3.8) is 0 Å². The predicted molar refractivity (Wildman–Crippen MR) is 124 cm³/mol. The van der Waals surface area contributed by atoms with E-state index in [2.05, 4.69) is 37.0 Å². The number of hydrogen-bond acceptors (Lipinski definition) is 4. The fourth-order valence-corrected chi connectivity index (χ4v) is 5.84. The third-order valence-corrected chi connectivity index (χ3v) is 7.56. The summed E-state index contributed by atoms with van der Waals surface area (Å²) in [6.07, 6.45) is 8.05. The summed E-state index contributed by atoms with van der Waals surface area (Å²) in [5.41, 5.74) is 2.67. The Morgan fingerprint density at radius 1 is 1.22 bits per heavy atom. The lowest BCUT2D eigenvalue weighted by atomic mass is 9.62. The number of nitrogens with zero attached hydrogens (tertiary/aromatic N) is 4. The maximum atomic E-state index is 15.8. The zero-order valence-corrected chi connectivity index (χ0v) is 19.2. The first-order chi connectivity index (χ1) is 15.4. The molecule has 0 radical (unpaired) electrons. The standard InChI is InChI=1S/C24H26ClFN6/c1-11(2)17-18(26)23(31-19-12(3)13-5-7-14(19)8-6-13)32-20(22(17)27-4)15-9-28-24-21(15)30-16(25)10-29-24/h9-14,19H,5-8H2,1-3H3,(H,28,29)(H,31,32). The molecule has 3 aromatic heterocycles. The maximum Gasteiger partial charge on any atom is 0.219 e. The van der Waals surface area contributed by atoms with Crippen molar-refractivity contribution >= 4 is 34.3 Å². The Labute approximate surface area is 191 Å². The zero-order valence-electron chi connectivity index (χ0n) is 18.4. The predicted octanol–water partition coefficient (Wildman–Crippen LogP) is 6.72. The topological polar surface area (TPSA) is 70.8 Å². The molecule has 0 aromatic carbocycles. The van der Waals surface area contributed by atoms with E-state index in [0.717, 1.165) is 0 Å². The summed E-state index contributed by atoms with van der Waals surface area (Å²) in [5, 5.41) is 3.73. The summed E-state index contributed by atoms with van der Waals surface area (Å²) in [6, 6.07) is 0.188. The SMILES string of the molecule is [C-]#[N+]c1c(-c2c[nH]c3ncc(Cl)nc23)nc(NC2C3CCC(CC3)C2C)c(F)c1C(C)C. The van der Waals surface area contributed by atoms with Gasteiger partial charge in [-0.15, -0.1) is 0 Å². The summed E-state index contributed by atoms with van der Waals surface area (Å²) in [6.45, 7) is 13.9. The highest BCUT2D eigenvalue weighted by Gasteiger charge is 2.42. The van der Waals surface area contributed by atoms with E-state index in [9.17, 15) is 0 Å². The van der Waals surface area contributed by atoms with E-state index in [0.29, 0.717) is 45.7 Å². The van der Waals surface area contributed by atoms with Crippen molar-refractivity contribution in [1.82, 2.24) is 19.9 Å².